The van der Waals surface area contributed by atoms with Crippen LogP contribution >= 0.6 is 23.2 Å². The van der Waals surface area contributed by atoms with Crippen molar-refractivity contribution in [2.75, 3.05) is 0 Å². The van der Waals surface area contributed by atoms with Crippen LogP contribution in [0.15, 0.2) is 12.1 Å². The summed E-state index contributed by atoms with van der Waals surface area (Å²) in [5, 5.41) is 11.6. The summed E-state index contributed by atoms with van der Waals surface area (Å²) >= 11 is 11.4. The molecular formula is C12H14Cl2N2O3. The highest BCUT2D eigenvalue weighted by Gasteiger charge is 2.26. The molecule has 0 radical (unpaired) electrons. The van der Waals surface area contributed by atoms with E-state index in [-0.39, 0.29) is 21.8 Å². The van der Waals surface area contributed by atoms with Crippen molar-refractivity contribution >= 4 is 35.1 Å². The second-order valence-corrected chi connectivity index (χ2v) is 4.89. The first-order valence-corrected chi connectivity index (χ1v) is 6.48. The summed E-state index contributed by atoms with van der Waals surface area (Å²) in [4.78, 5) is 26.8. The van der Waals surface area contributed by atoms with E-state index < -0.39 is 17.9 Å². The minimum Gasteiger partial charge on any atom is -0.480 e. The molecule has 0 saturated heterocycles. The zero-order valence-electron chi connectivity index (χ0n) is 10.5. The molecule has 1 amide bonds. The van der Waals surface area contributed by atoms with E-state index in [4.69, 9.17) is 28.3 Å². The molecule has 0 aromatic carbocycles. The van der Waals surface area contributed by atoms with E-state index >= 15 is 0 Å². The van der Waals surface area contributed by atoms with Crippen molar-refractivity contribution in [2.45, 2.75) is 26.3 Å². The van der Waals surface area contributed by atoms with Crippen LogP contribution in [0.5, 0.6) is 0 Å². The maximum atomic E-state index is 12.0. The summed E-state index contributed by atoms with van der Waals surface area (Å²) in [5.41, 5.74) is 0.0978. The number of aliphatic carboxylic acids is 1. The Morgan fingerprint density at radius 1 is 1.42 bits per heavy atom. The van der Waals surface area contributed by atoms with Gasteiger partial charge in [-0.3, -0.25) is 4.79 Å². The first-order chi connectivity index (χ1) is 8.86. The molecule has 2 unspecified atom stereocenters. The molecule has 104 valence electrons. The average Bonchev–Trinajstić information content (AvgIpc) is 2.34. The van der Waals surface area contributed by atoms with E-state index in [1.165, 1.54) is 12.1 Å². The fourth-order valence-corrected chi connectivity index (χ4v) is 1.91. The summed E-state index contributed by atoms with van der Waals surface area (Å²) in [6, 6.07) is 1.86. The monoisotopic (exact) mass is 304 g/mol. The largest absolute Gasteiger partial charge is 0.480 e. The number of nitrogens with zero attached hydrogens (tertiary/aromatic N) is 1. The van der Waals surface area contributed by atoms with Gasteiger partial charge in [-0.1, -0.05) is 43.5 Å². The Morgan fingerprint density at radius 2 is 2.05 bits per heavy atom. The molecule has 7 heteroatoms. The minimum atomic E-state index is -1.08. The number of hydrogen-bond acceptors (Lipinski definition) is 3. The molecule has 1 aromatic heterocycles. The molecule has 2 N–H and O–H groups in total. The molecule has 1 heterocycles. The van der Waals surface area contributed by atoms with Crippen LogP contribution in [0.2, 0.25) is 10.3 Å². The number of carboxylic acid groups (broad SMARTS) is 1. The standard InChI is InChI=1S/C12H14Cl2N2O3/c1-3-6(2)9(12(18)19)16-11(17)7-4-5-8(13)15-10(7)14/h4-6,9H,3H2,1-2H3,(H,16,17)(H,18,19). The Labute approximate surface area is 120 Å². The zero-order valence-corrected chi connectivity index (χ0v) is 12.0. The fraction of sp³-hybridized carbons (Fsp3) is 0.417. The lowest BCUT2D eigenvalue weighted by molar-refractivity contribution is -0.140. The Kier molecular flexibility index (Phi) is 5.57. The van der Waals surface area contributed by atoms with E-state index in [0.717, 1.165) is 0 Å². The summed E-state index contributed by atoms with van der Waals surface area (Å²) in [6.07, 6.45) is 0.629. The maximum absolute atomic E-state index is 12.0. The highest BCUT2D eigenvalue weighted by molar-refractivity contribution is 6.34. The van der Waals surface area contributed by atoms with Gasteiger partial charge < -0.3 is 10.4 Å². The molecule has 2 atom stereocenters. The Balaban J connectivity index is 2.91. The van der Waals surface area contributed by atoms with Gasteiger partial charge in [0.2, 0.25) is 0 Å². The molecule has 0 aliphatic heterocycles. The normalized spacial score (nSPS) is 13.7. The minimum absolute atomic E-state index is 0.0571. The number of hydrogen-bond donors (Lipinski definition) is 2. The quantitative estimate of drug-likeness (QED) is 0.820. The predicted octanol–water partition coefficient (Wildman–Crippen LogP) is 2.62. The Bertz CT molecular complexity index is 494. The van der Waals surface area contributed by atoms with E-state index in [1.54, 1.807) is 6.92 Å². The number of carboxylic acids is 1. The number of nitrogens with one attached hydrogen (secondary N) is 1. The van der Waals surface area contributed by atoms with Gasteiger partial charge in [0, 0.05) is 0 Å². The van der Waals surface area contributed by atoms with Gasteiger partial charge in [0.05, 0.1) is 5.56 Å². The molecule has 0 spiro atoms. The lowest BCUT2D eigenvalue weighted by Crippen LogP contribution is -2.45. The highest BCUT2D eigenvalue weighted by Crippen LogP contribution is 2.17. The van der Waals surface area contributed by atoms with Crippen LogP contribution in [0.1, 0.15) is 30.6 Å². The summed E-state index contributed by atoms with van der Waals surface area (Å²) < 4.78 is 0. The lowest BCUT2D eigenvalue weighted by Gasteiger charge is -2.20. The van der Waals surface area contributed by atoms with Crippen molar-refractivity contribution in [1.29, 1.82) is 0 Å². The van der Waals surface area contributed by atoms with Gasteiger partial charge in [0.25, 0.3) is 5.91 Å². The molecule has 0 bridgehead atoms. The summed E-state index contributed by atoms with van der Waals surface area (Å²) in [5.74, 6) is -1.86. The molecule has 0 fully saturated rings. The first kappa shape index (κ1) is 15.7. The number of pyridine rings is 1. The molecule has 5 nitrogen and oxygen atoms in total. The Morgan fingerprint density at radius 3 is 2.53 bits per heavy atom. The van der Waals surface area contributed by atoms with Gasteiger partial charge in [-0.2, -0.15) is 0 Å². The third-order valence-electron chi connectivity index (χ3n) is 2.83. The van der Waals surface area contributed by atoms with Crippen LogP contribution < -0.4 is 5.32 Å². The zero-order chi connectivity index (χ0) is 14.6. The molecule has 0 aliphatic rings. The van der Waals surface area contributed by atoms with Crippen LogP contribution in [0.4, 0.5) is 0 Å². The summed E-state index contributed by atoms with van der Waals surface area (Å²) in [7, 11) is 0. The molecule has 0 aliphatic carbocycles. The van der Waals surface area contributed by atoms with Gasteiger partial charge in [0.15, 0.2) is 0 Å². The maximum Gasteiger partial charge on any atom is 0.326 e. The highest BCUT2D eigenvalue weighted by atomic mass is 35.5. The second-order valence-electron chi connectivity index (χ2n) is 4.15. The van der Waals surface area contributed by atoms with Crippen molar-refractivity contribution in [1.82, 2.24) is 10.3 Å². The van der Waals surface area contributed by atoms with Gasteiger partial charge in [0.1, 0.15) is 16.3 Å². The van der Waals surface area contributed by atoms with Crippen LogP contribution in [-0.4, -0.2) is 28.0 Å². The Hall–Kier alpha value is -1.33. The van der Waals surface area contributed by atoms with Gasteiger partial charge in [-0.15, -0.1) is 0 Å². The van der Waals surface area contributed by atoms with E-state index in [9.17, 15) is 9.59 Å². The van der Waals surface area contributed by atoms with Crippen molar-refractivity contribution < 1.29 is 14.7 Å². The van der Waals surface area contributed by atoms with Crippen LogP contribution in [0.3, 0.4) is 0 Å². The SMILES string of the molecule is CCC(C)C(NC(=O)c1ccc(Cl)nc1Cl)C(=O)O. The van der Waals surface area contributed by atoms with Crippen molar-refractivity contribution in [3.63, 3.8) is 0 Å². The number of amides is 1. The molecule has 19 heavy (non-hydrogen) atoms. The van der Waals surface area contributed by atoms with Crippen molar-refractivity contribution in [2.24, 2.45) is 5.92 Å². The predicted molar refractivity (Wildman–Crippen MR) is 72.6 cm³/mol. The number of carbonyl (C=O) groups excluding carboxylic acids is 1. The molecule has 1 aromatic rings. The molecule has 1 rings (SSSR count). The van der Waals surface area contributed by atoms with E-state index in [0.29, 0.717) is 6.42 Å². The van der Waals surface area contributed by atoms with Crippen molar-refractivity contribution in [3.05, 3.63) is 28.0 Å². The lowest BCUT2D eigenvalue weighted by atomic mass is 9.99. The van der Waals surface area contributed by atoms with E-state index in [1.807, 2.05) is 6.92 Å². The number of halogens is 2. The smallest absolute Gasteiger partial charge is 0.326 e. The van der Waals surface area contributed by atoms with Crippen molar-refractivity contribution in [3.8, 4) is 0 Å². The van der Waals surface area contributed by atoms with Gasteiger partial charge >= 0.3 is 5.97 Å². The van der Waals surface area contributed by atoms with Crippen LogP contribution in [-0.2, 0) is 4.79 Å². The fourth-order valence-electron chi connectivity index (χ4n) is 1.48. The van der Waals surface area contributed by atoms with Gasteiger partial charge in [-0.05, 0) is 18.1 Å². The third kappa shape index (κ3) is 4.08. The van der Waals surface area contributed by atoms with E-state index in [2.05, 4.69) is 10.3 Å². The van der Waals surface area contributed by atoms with Crippen LogP contribution in [0.25, 0.3) is 0 Å². The average molecular weight is 305 g/mol. The molecular weight excluding hydrogens is 291 g/mol. The third-order valence-corrected chi connectivity index (χ3v) is 3.32. The topological polar surface area (TPSA) is 79.3 Å². The number of rotatable bonds is 5. The number of carbonyl (C=O) groups is 2. The second kappa shape index (κ2) is 6.73. The molecule has 0 saturated carbocycles. The number of aromatic nitrogens is 1. The summed E-state index contributed by atoms with van der Waals surface area (Å²) in [6.45, 7) is 3.60. The van der Waals surface area contributed by atoms with Crippen LogP contribution in [0, 0.1) is 5.92 Å². The first-order valence-electron chi connectivity index (χ1n) is 5.72. The van der Waals surface area contributed by atoms with Gasteiger partial charge in [-0.25, -0.2) is 9.78 Å².